The van der Waals surface area contributed by atoms with Crippen molar-refractivity contribution in [2.75, 3.05) is 19.7 Å². The maximum Gasteiger partial charge on any atom is 0.407 e. The van der Waals surface area contributed by atoms with E-state index in [9.17, 15) is 9.18 Å². The van der Waals surface area contributed by atoms with Crippen molar-refractivity contribution in [3.05, 3.63) is 35.3 Å². The van der Waals surface area contributed by atoms with Gasteiger partial charge in [0.05, 0.1) is 6.04 Å². The average Bonchev–Trinajstić information content (AvgIpc) is 3.02. The minimum atomic E-state index is -0.341. The third-order valence-corrected chi connectivity index (χ3v) is 4.23. The van der Waals surface area contributed by atoms with Crippen LogP contribution in [0.1, 0.15) is 11.3 Å². The van der Waals surface area contributed by atoms with Crippen molar-refractivity contribution in [2.24, 2.45) is 0 Å². The molecule has 21 heavy (non-hydrogen) atoms. The number of carbonyl (C=O) groups excluding carboxylic acids is 1. The molecule has 2 aromatic rings. The lowest BCUT2D eigenvalue weighted by Gasteiger charge is -2.28. The number of nitrogens with one attached hydrogen (secondary N) is 2. The first-order valence-corrected chi connectivity index (χ1v) is 7.13. The summed E-state index contributed by atoms with van der Waals surface area (Å²) < 4.78 is 18.4. The van der Waals surface area contributed by atoms with Gasteiger partial charge in [0.25, 0.3) is 0 Å². The van der Waals surface area contributed by atoms with Crippen molar-refractivity contribution in [1.29, 1.82) is 0 Å². The molecule has 110 valence electrons. The van der Waals surface area contributed by atoms with Crippen LogP contribution in [0.15, 0.2) is 18.2 Å². The number of alkyl carbamates (subject to hydrolysis) is 1. The number of ether oxygens (including phenoxy) is 1. The van der Waals surface area contributed by atoms with E-state index in [0.29, 0.717) is 6.61 Å². The number of H-pyrrole nitrogens is 1. The van der Waals surface area contributed by atoms with Crippen LogP contribution in [0.3, 0.4) is 0 Å². The topological polar surface area (TPSA) is 57.4 Å². The molecule has 0 aliphatic carbocycles. The van der Waals surface area contributed by atoms with Gasteiger partial charge in [0.2, 0.25) is 0 Å². The van der Waals surface area contributed by atoms with E-state index < -0.39 is 0 Å². The van der Waals surface area contributed by atoms with Gasteiger partial charge in [0.15, 0.2) is 0 Å². The fraction of sp³-hybridized carbons (Fsp3) is 0.400. The quantitative estimate of drug-likeness (QED) is 0.886. The van der Waals surface area contributed by atoms with Crippen molar-refractivity contribution < 1.29 is 13.9 Å². The predicted octanol–water partition coefficient (Wildman–Crippen LogP) is 1.77. The maximum atomic E-state index is 13.5. The van der Waals surface area contributed by atoms with Crippen LogP contribution in [0.4, 0.5) is 9.18 Å². The third-order valence-electron chi connectivity index (χ3n) is 4.23. The summed E-state index contributed by atoms with van der Waals surface area (Å²) in [6, 6.07) is 4.90. The molecule has 0 spiro atoms. The Kier molecular flexibility index (Phi) is 2.85. The molecule has 6 heteroatoms. The molecule has 1 atom stereocenters. The fourth-order valence-electron chi connectivity index (χ4n) is 3.23. The molecule has 2 aliphatic rings. The van der Waals surface area contributed by atoms with Crippen LogP contribution < -0.4 is 5.32 Å². The van der Waals surface area contributed by atoms with Crippen molar-refractivity contribution >= 4 is 17.0 Å². The lowest BCUT2D eigenvalue weighted by Crippen LogP contribution is -2.41. The molecular weight excluding hydrogens is 273 g/mol. The van der Waals surface area contributed by atoms with Crippen LogP contribution in [0, 0.1) is 5.82 Å². The van der Waals surface area contributed by atoms with E-state index in [4.69, 9.17) is 4.74 Å². The van der Waals surface area contributed by atoms with Gasteiger partial charge in [-0.15, -0.1) is 0 Å². The third kappa shape index (κ3) is 2.25. The number of aromatic nitrogens is 1. The summed E-state index contributed by atoms with van der Waals surface area (Å²) >= 11 is 0. The number of benzene rings is 1. The second kappa shape index (κ2) is 4.73. The summed E-state index contributed by atoms with van der Waals surface area (Å²) in [7, 11) is 0. The van der Waals surface area contributed by atoms with Crippen LogP contribution in [0.2, 0.25) is 0 Å². The van der Waals surface area contributed by atoms with Gasteiger partial charge in [0.1, 0.15) is 12.4 Å². The lowest BCUT2D eigenvalue weighted by molar-refractivity contribution is 0.173. The first-order chi connectivity index (χ1) is 10.2. The number of cyclic esters (lactones) is 1. The van der Waals surface area contributed by atoms with E-state index in [2.05, 4.69) is 15.2 Å². The van der Waals surface area contributed by atoms with E-state index in [1.165, 1.54) is 17.3 Å². The summed E-state index contributed by atoms with van der Waals surface area (Å²) in [4.78, 5) is 16.7. The highest BCUT2D eigenvalue weighted by atomic mass is 19.1. The van der Waals surface area contributed by atoms with E-state index in [0.717, 1.165) is 37.0 Å². The monoisotopic (exact) mass is 289 g/mol. The number of rotatable bonds is 2. The Morgan fingerprint density at radius 3 is 3.14 bits per heavy atom. The van der Waals surface area contributed by atoms with Gasteiger partial charge in [-0.2, -0.15) is 0 Å². The van der Waals surface area contributed by atoms with Crippen molar-refractivity contribution in [3.63, 3.8) is 0 Å². The molecule has 2 N–H and O–H groups in total. The number of carbonyl (C=O) groups is 1. The van der Waals surface area contributed by atoms with Crippen molar-refractivity contribution in [2.45, 2.75) is 19.0 Å². The van der Waals surface area contributed by atoms with Gasteiger partial charge in [-0.25, -0.2) is 9.18 Å². The van der Waals surface area contributed by atoms with E-state index in [1.807, 2.05) is 0 Å². The molecular formula is C15H16FN3O2. The fourth-order valence-corrected chi connectivity index (χ4v) is 3.23. The Balaban J connectivity index is 1.57. The molecule has 1 amide bonds. The van der Waals surface area contributed by atoms with Gasteiger partial charge in [-0.3, -0.25) is 4.90 Å². The first kappa shape index (κ1) is 12.6. The normalized spacial score (nSPS) is 22.1. The summed E-state index contributed by atoms with van der Waals surface area (Å²) in [5, 5.41) is 3.75. The summed E-state index contributed by atoms with van der Waals surface area (Å²) in [5.74, 6) is -0.210. The number of halogens is 1. The molecule has 2 aliphatic heterocycles. The Bertz CT molecular complexity index is 712. The van der Waals surface area contributed by atoms with Gasteiger partial charge >= 0.3 is 6.09 Å². The van der Waals surface area contributed by atoms with E-state index >= 15 is 0 Å². The largest absolute Gasteiger partial charge is 0.447 e. The maximum absolute atomic E-state index is 13.5. The molecule has 3 heterocycles. The van der Waals surface area contributed by atoms with Crippen LogP contribution in [-0.4, -0.2) is 41.7 Å². The summed E-state index contributed by atoms with van der Waals surface area (Å²) in [6.07, 6.45) is 0.569. The summed E-state index contributed by atoms with van der Waals surface area (Å²) in [5.41, 5.74) is 3.35. The Labute approximate surface area is 121 Å². The zero-order valence-electron chi connectivity index (χ0n) is 11.5. The second-order valence-corrected chi connectivity index (χ2v) is 5.70. The predicted molar refractivity (Wildman–Crippen MR) is 75.5 cm³/mol. The zero-order chi connectivity index (χ0) is 14.4. The van der Waals surface area contributed by atoms with Gasteiger partial charge in [0, 0.05) is 42.7 Å². The number of nitrogens with zero attached hydrogens (tertiary/aromatic N) is 1. The van der Waals surface area contributed by atoms with Gasteiger partial charge in [-0.1, -0.05) is 0 Å². The van der Waals surface area contributed by atoms with Crippen molar-refractivity contribution in [1.82, 2.24) is 15.2 Å². The highest BCUT2D eigenvalue weighted by Crippen LogP contribution is 2.28. The molecule has 4 rings (SSSR count). The van der Waals surface area contributed by atoms with E-state index in [1.54, 1.807) is 12.1 Å². The average molecular weight is 289 g/mol. The molecule has 0 unspecified atom stereocenters. The van der Waals surface area contributed by atoms with Crippen LogP contribution >= 0.6 is 0 Å². The molecule has 5 nitrogen and oxygen atoms in total. The van der Waals surface area contributed by atoms with Crippen LogP contribution in [-0.2, 0) is 17.7 Å². The Morgan fingerprint density at radius 1 is 1.43 bits per heavy atom. The molecule has 1 aromatic carbocycles. The SMILES string of the molecule is O=C1N[C@H](CN2CCc3[nH]c4ccc(F)cc4c3C2)CO1. The number of fused-ring (bicyclic) bond motifs is 3. The number of hydrogen-bond donors (Lipinski definition) is 2. The molecule has 1 aromatic heterocycles. The first-order valence-electron chi connectivity index (χ1n) is 7.13. The lowest BCUT2D eigenvalue weighted by atomic mass is 10.0. The highest BCUT2D eigenvalue weighted by Gasteiger charge is 2.27. The smallest absolute Gasteiger partial charge is 0.407 e. The second-order valence-electron chi connectivity index (χ2n) is 5.70. The Hall–Kier alpha value is -2.08. The number of amides is 1. The highest BCUT2D eigenvalue weighted by molar-refractivity contribution is 5.85. The van der Waals surface area contributed by atoms with E-state index in [-0.39, 0.29) is 18.0 Å². The number of hydrogen-bond acceptors (Lipinski definition) is 3. The van der Waals surface area contributed by atoms with Crippen LogP contribution in [0.25, 0.3) is 10.9 Å². The number of aromatic amines is 1. The summed E-state index contributed by atoms with van der Waals surface area (Å²) in [6.45, 7) is 2.87. The zero-order valence-corrected chi connectivity index (χ0v) is 11.5. The molecule has 1 saturated heterocycles. The molecule has 0 bridgehead atoms. The van der Waals surface area contributed by atoms with Crippen LogP contribution in [0.5, 0.6) is 0 Å². The molecule has 0 radical (unpaired) electrons. The molecule has 1 fully saturated rings. The van der Waals surface area contributed by atoms with Gasteiger partial charge in [-0.05, 0) is 23.8 Å². The minimum absolute atomic E-state index is 0.0426. The van der Waals surface area contributed by atoms with Crippen molar-refractivity contribution in [3.8, 4) is 0 Å². The molecule has 0 saturated carbocycles. The Morgan fingerprint density at radius 2 is 2.33 bits per heavy atom. The van der Waals surface area contributed by atoms with Gasteiger partial charge < -0.3 is 15.0 Å². The minimum Gasteiger partial charge on any atom is -0.447 e. The standard InChI is InChI=1S/C15H16FN3O2/c16-9-1-2-13-11(5-9)12-7-19(4-3-14(12)18-13)6-10-8-21-15(20)17-10/h1-2,5,10,18H,3-4,6-8H2,(H,17,20)/t10-/m1/s1.